The minimum atomic E-state index is -0.129. The third-order valence-corrected chi connectivity index (χ3v) is 4.26. The topological polar surface area (TPSA) is 49.9 Å². The number of hydrogen-bond acceptors (Lipinski definition) is 4. The Hall–Kier alpha value is -0.940. The molecule has 0 aromatic carbocycles. The van der Waals surface area contributed by atoms with Gasteiger partial charge in [0, 0.05) is 39.6 Å². The fourth-order valence-corrected chi connectivity index (χ4v) is 2.91. The van der Waals surface area contributed by atoms with Crippen molar-refractivity contribution in [2.75, 3.05) is 39.8 Å². The summed E-state index contributed by atoms with van der Waals surface area (Å²) in [6.07, 6.45) is 3.14. The van der Waals surface area contributed by atoms with Gasteiger partial charge in [-0.15, -0.1) is 0 Å². The summed E-state index contributed by atoms with van der Waals surface area (Å²) >= 11 is 0. The summed E-state index contributed by atoms with van der Waals surface area (Å²) in [7, 11) is 1.74. The molecule has 5 nitrogen and oxygen atoms in total. The van der Waals surface area contributed by atoms with E-state index in [0.29, 0.717) is 32.5 Å². The highest BCUT2D eigenvalue weighted by molar-refractivity contribution is 5.84. The molecule has 0 aromatic heterocycles. The Morgan fingerprint density at radius 2 is 2.00 bits per heavy atom. The number of methoxy groups -OCH3 is 1. The number of piperidine rings is 2. The van der Waals surface area contributed by atoms with Crippen LogP contribution in [0.5, 0.6) is 0 Å². The first kappa shape index (κ1) is 14.5. The van der Waals surface area contributed by atoms with Crippen molar-refractivity contribution >= 4 is 11.7 Å². The van der Waals surface area contributed by atoms with Crippen LogP contribution in [0.1, 0.15) is 32.6 Å². The van der Waals surface area contributed by atoms with Crippen molar-refractivity contribution in [1.29, 1.82) is 0 Å². The van der Waals surface area contributed by atoms with E-state index in [0.717, 1.165) is 25.9 Å². The molecule has 2 rings (SSSR count). The third-order valence-electron chi connectivity index (χ3n) is 4.26. The molecule has 2 saturated heterocycles. The molecule has 1 unspecified atom stereocenters. The number of rotatable bonds is 3. The minimum absolute atomic E-state index is 0.129. The fourth-order valence-electron chi connectivity index (χ4n) is 2.91. The molecule has 0 N–H and O–H groups in total. The van der Waals surface area contributed by atoms with Gasteiger partial charge < -0.3 is 9.64 Å². The van der Waals surface area contributed by atoms with Gasteiger partial charge in [0.25, 0.3) is 0 Å². The highest BCUT2D eigenvalue weighted by Gasteiger charge is 2.32. The van der Waals surface area contributed by atoms with Crippen LogP contribution in [-0.2, 0) is 14.3 Å². The average molecular weight is 268 g/mol. The lowest BCUT2D eigenvalue weighted by molar-refractivity contribution is -0.137. The summed E-state index contributed by atoms with van der Waals surface area (Å²) < 4.78 is 5.54. The van der Waals surface area contributed by atoms with Crippen molar-refractivity contribution in [3.05, 3.63) is 0 Å². The number of ketones is 1. The molecule has 2 aliphatic rings. The van der Waals surface area contributed by atoms with Gasteiger partial charge in [-0.25, -0.2) is 0 Å². The first-order valence-corrected chi connectivity index (χ1v) is 7.09. The zero-order valence-electron chi connectivity index (χ0n) is 12.0. The van der Waals surface area contributed by atoms with E-state index in [1.165, 1.54) is 0 Å². The molecule has 1 atom stereocenters. The molecule has 5 heteroatoms. The summed E-state index contributed by atoms with van der Waals surface area (Å²) in [5.74, 6) is 0.418. The monoisotopic (exact) mass is 268 g/mol. The van der Waals surface area contributed by atoms with Gasteiger partial charge in [0.1, 0.15) is 5.78 Å². The standard InChI is InChI=1S/C14H24N2O3/c1-14(19-2)6-3-7-15(11-14)10-13(18)16-8-4-12(17)5-9-16/h3-11H2,1-2H3. The molecule has 2 aliphatic heterocycles. The zero-order chi connectivity index (χ0) is 13.9. The molecular formula is C14H24N2O3. The second-order valence-electron chi connectivity index (χ2n) is 5.89. The van der Waals surface area contributed by atoms with Crippen LogP contribution in [0.4, 0.5) is 0 Å². The van der Waals surface area contributed by atoms with Crippen LogP contribution in [0.25, 0.3) is 0 Å². The van der Waals surface area contributed by atoms with E-state index in [1.54, 1.807) is 7.11 Å². The molecule has 0 aromatic rings. The largest absolute Gasteiger partial charge is 0.377 e. The van der Waals surface area contributed by atoms with Gasteiger partial charge in [-0.1, -0.05) is 0 Å². The second-order valence-corrected chi connectivity index (χ2v) is 5.89. The van der Waals surface area contributed by atoms with E-state index in [-0.39, 0.29) is 17.3 Å². The highest BCUT2D eigenvalue weighted by atomic mass is 16.5. The van der Waals surface area contributed by atoms with Crippen molar-refractivity contribution in [3.8, 4) is 0 Å². The molecule has 0 radical (unpaired) electrons. The number of likely N-dealkylation sites (tertiary alicyclic amines) is 2. The second kappa shape index (κ2) is 6.01. The van der Waals surface area contributed by atoms with Crippen molar-refractivity contribution in [2.45, 2.75) is 38.2 Å². The Kier molecular flexibility index (Phi) is 4.58. The van der Waals surface area contributed by atoms with Crippen LogP contribution in [0.3, 0.4) is 0 Å². The van der Waals surface area contributed by atoms with Gasteiger partial charge in [0.2, 0.25) is 5.91 Å². The highest BCUT2D eigenvalue weighted by Crippen LogP contribution is 2.23. The van der Waals surface area contributed by atoms with Crippen molar-refractivity contribution in [2.24, 2.45) is 0 Å². The molecular weight excluding hydrogens is 244 g/mol. The van der Waals surface area contributed by atoms with Crippen molar-refractivity contribution in [3.63, 3.8) is 0 Å². The number of carbonyl (C=O) groups is 2. The number of Topliss-reactive ketones (excluding diaryl/α,β-unsaturated/α-hetero) is 1. The Bertz CT molecular complexity index is 349. The Balaban J connectivity index is 1.83. The Morgan fingerprint density at radius 1 is 1.32 bits per heavy atom. The van der Waals surface area contributed by atoms with Crippen LogP contribution >= 0.6 is 0 Å². The Labute approximate surface area is 114 Å². The van der Waals surface area contributed by atoms with Gasteiger partial charge in [-0.05, 0) is 26.3 Å². The maximum atomic E-state index is 12.2. The molecule has 1 amide bonds. The lowest BCUT2D eigenvalue weighted by atomic mass is 9.95. The number of carbonyl (C=O) groups excluding carboxylic acids is 2. The van der Waals surface area contributed by atoms with Crippen LogP contribution in [0.2, 0.25) is 0 Å². The van der Waals surface area contributed by atoms with Gasteiger partial charge in [-0.3, -0.25) is 14.5 Å². The van der Waals surface area contributed by atoms with Crippen LogP contribution in [0.15, 0.2) is 0 Å². The lowest BCUT2D eigenvalue weighted by Crippen LogP contribution is -2.51. The summed E-state index contributed by atoms with van der Waals surface area (Å²) in [5, 5.41) is 0. The van der Waals surface area contributed by atoms with Crippen LogP contribution < -0.4 is 0 Å². The summed E-state index contributed by atoms with van der Waals surface area (Å²) in [5.41, 5.74) is -0.129. The van der Waals surface area contributed by atoms with E-state index >= 15 is 0 Å². The van der Waals surface area contributed by atoms with E-state index in [9.17, 15) is 9.59 Å². The summed E-state index contributed by atoms with van der Waals surface area (Å²) in [6, 6.07) is 0. The molecule has 19 heavy (non-hydrogen) atoms. The van der Waals surface area contributed by atoms with Crippen LogP contribution in [-0.4, -0.2) is 66.9 Å². The normalized spacial score (nSPS) is 29.6. The van der Waals surface area contributed by atoms with Crippen molar-refractivity contribution < 1.29 is 14.3 Å². The van der Waals surface area contributed by atoms with Gasteiger partial charge in [0.05, 0.1) is 12.1 Å². The van der Waals surface area contributed by atoms with Gasteiger partial charge >= 0.3 is 0 Å². The predicted octanol–water partition coefficient (Wildman–Crippen LogP) is 0.679. The van der Waals surface area contributed by atoms with Gasteiger partial charge in [0.15, 0.2) is 0 Å². The van der Waals surface area contributed by atoms with E-state index < -0.39 is 0 Å². The van der Waals surface area contributed by atoms with Crippen LogP contribution in [0, 0.1) is 0 Å². The maximum absolute atomic E-state index is 12.2. The number of hydrogen-bond donors (Lipinski definition) is 0. The minimum Gasteiger partial charge on any atom is -0.377 e. The number of amides is 1. The smallest absolute Gasteiger partial charge is 0.236 e. The molecule has 0 spiro atoms. The summed E-state index contributed by atoms with van der Waals surface area (Å²) in [4.78, 5) is 27.4. The van der Waals surface area contributed by atoms with Crippen molar-refractivity contribution in [1.82, 2.24) is 9.80 Å². The van der Waals surface area contributed by atoms with Gasteiger partial charge in [-0.2, -0.15) is 0 Å². The first-order chi connectivity index (χ1) is 9.02. The lowest BCUT2D eigenvalue weighted by Gasteiger charge is -2.40. The Morgan fingerprint density at radius 3 is 2.63 bits per heavy atom. The molecule has 108 valence electrons. The van der Waals surface area contributed by atoms with E-state index in [2.05, 4.69) is 11.8 Å². The average Bonchev–Trinajstić information content (AvgIpc) is 2.39. The summed E-state index contributed by atoms with van der Waals surface area (Å²) in [6.45, 7) is 5.50. The molecule has 0 bridgehead atoms. The molecule has 0 aliphatic carbocycles. The van der Waals surface area contributed by atoms with E-state index in [1.807, 2.05) is 4.90 Å². The SMILES string of the molecule is COC1(C)CCCN(CC(=O)N2CCC(=O)CC2)C1. The third kappa shape index (κ3) is 3.76. The number of nitrogens with zero attached hydrogens (tertiary/aromatic N) is 2. The molecule has 0 saturated carbocycles. The maximum Gasteiger partial charge on any atom is 0.236 e. The first-order valence-electron chi connectivity index (χ1n) is 7.09. The fraction of sp³-hybridized carbons (Fsp3) is 0.857. The van der Waals surface area contributed by atoms with E-state index in [4.69, 9.17) is 4.74 Å². The molecule has 2 fully saturated rings. The molecule has 2 heterocycles. The zero-order valence-corrected chi connectivity index (χ0v) is 12.0. The predicted molar refractivity (Wildman–Crippen MR) is 71.9 cm³/mol. The quantitative estimate of drug-likeness (QED) is 0.755. The number of ether oxygens (including phenoxy) is 1.